The molecule has 2 unspecified atom stereocenters. The first kappa shape index (κ1) is 99.5. The normalized spacial score (nSPS) is 14.0. The van der Waals surface area contributed by atoms with E-state index in [4.69, 9.17) is 37.0 Å². The molecule has 602 valence electrons. The number of unbranched alkanes of at least 4 members (excludes halogenated alkanes) is 50. The second-order valence-electron chi connectivity index (χ2n) is 29.7. The molecule has 0 aliphatic heterocycles. The standard InChI is InChI=1S/C83H158O17P2/c1-6-9-12-15-18-21-24-27-29-30-31-32-33-35-38-43-48-53-58-63-68-82(87)99-78(72-94-81(86)67-62-57-52-47-42-37-34-28-25-22-19-16-13-10-7-2)74-97-101(89,90)95-70-77(84)71-96-102(91,92)98-75-79(73-93-80(85)66-61-56-51-46-41-36-26-23-20-17-14-11-8-3)100-83(88)69-64-59-54-49-44-39-40-45-50-55-60-65-76(4)5/h22,25,28,34,76-79,84H,6-21,23-24,26-27,29-33,35-75H2,1-5H3,(H,89,90)(H,91,92)/b25-22-,34-28-/t77-,78-,79-/m1/s1. The summed E-state index contributed by atoms with van der Waals surface area (Å²) in [5, 5.41) is 10.7. The summed E-state index contributed by atoms with van der Waals surface area (Å²) < 4.78 is 68.8. The van der Waals surface area contributed by atoms with E-state index in [2.05, 4.69) is 58.9 Å². The number of allylic oxidation sites excluding steroid dienone is 4. The molecule has 0 amide bonds. The summed E-state index contributed by atoms with van der Waals surface area (Å²) in [6.07, 6.45) is 70.1. The zero-order valence-electron chi connectivity index (χ0n) is 66.2. The molecule has 0 radical (unpaired) electrons. The molecule has 3 N–H and O–H groups in total. The summed E-state index contributed by atoms with van der Waals surface area (Å²) in [5.41, 5.74) is 0. The number of aliphatic hydroxyl groups is 1. The van der Waals surface area contributed by atoms with Crippen molar-refractivity contribution in [1.82, 2.24) is 0 Å². The van der Waals surface area contributed by atoms with Crippen molar-refractivity contribution in [2.45, 2.75) is 438 Å². The Kier molecular flexibility index (Phi) is 73.5. The number of esters is 4. The van der Waals surface area contributed by atoms with Crippen molar-refractivity contribution >= 4 is 39.5 Å². The Morgan fingerprint density at radius 2 is 0.529 bits per heavy atom. The lowest BCUT2D eigenvalue weighted by Crippen LogP contribution is -2.30. The van der Waals surface area contributed by atoms with Gasteiger partial charge in [-0.15, -0.1) is 0 Å². The number of phosphoric ester groups is 2. The van der Waals surface area contributed by atoms with Crippen LogP contribution < -0.4 is 0 Å². The third-order valence-electron chi connectivity index (χ3n) is 18.9. The maximum Gasteiger partial charge on any atom is 0.472 e. The molecule has 0 saturated heterocycles. The summed E-state index contributed by atoms with van der Waals surface area (Å²) in [7, 11) is -9.93. The van der Waals surface area contributed by atoms with Gasteiger partial charge in [0.05, 0.1) is 26.4 Å². The van der Waals surface area contributed by atoms with Crippen LogP contribution in [0.1, 0.15) is 420 Å². The van der Waals surface area contributed by atoms with Crippen LogP contribution in [0.2, 0.25) is 0 Å². The van der Waals surface area contributed by atoms with Gasteiger partial charge in [0, 0.05) is 25.7 Å². The third-order valence-corrected chi connectivity index (χ3v) is 20.8. The molecule has 5 atom stereocenters. The van der Waals surface area contributed by atoms with E-state index < -0.39 is 97.5 Å². The average Bonchev–Trinajstić information content (AvgIpc) is 0.921. The molecule has 0 rings (SSSR count). The van der Waals surface area contributed by atoms with Crippen LogP contribution in [-0.4, -0.2) is 96.7 Å². The van der Waals surface area contributed by atoms with E-state index >= 15 is 0 Å². The third kappa shape index (κ3) is 75.8. The number of rotatable bonds is 81. The fraction of sp³-hybridized carbons (Fsp3) is 0.904. The lowest BCUT2D eigenvalue weighted by molar-refractivity contribution is -0.161. The van der Waals surface area contributed by atoms with Crippen molar-refractivity contribution in [2.75, 3.05) is 39.6 Å². The lowest BCUT2D eigenvalue weighted by Gasteiger charge is -2.21. The summed E-state index contributed by atoms with van der Waals surface area (Å²) in [6.45, 7) is 7.28. The zero-order valence-corrected chi connectivity index (χ0v) is 68.0. The molecule has 0 heterocycles. The number of hydrogen-bond acceptors (Lipinski definition) is 15. The number of carbonyl (C=O) groups is 4. The van der Waals surface area contributed by atoms with E-state index in [1.54, 1.807) is 0 Å². The SMILES string of the molecule is CCCCCC/C=C\C=C/CCCCCCCC(=O)OC[C@H](COP(=O)(O)OC[C@@H](O)COP(=O)(O)OC[C@@H](COC(=O)CCCCCCCCCCCCCCC)OC(=O)CCCCCCCCCCCCCC(C)C)OC(=O)CCCCCCCCCCCCCCCCCCCCCC. The van der Waals surface area contributed by atoms with Crippen molar-refractivity contribution in [2.24, 2.45) is 5.92 Å². The van der Waals surface area contributed by atoms with Crippen molar-refractivity contribution in [3.05, 3.63) is 24.3 Å². The monoisotopic (exact) mass is 1490 g/mol. The Labute approximate surface area is 624 Å². The van der Waals surface area contributed by atoms with Gasteiger partial charge >= 0.3 is 39.5 Å². The maximum atomic E-state index is 13.1. The minimum absolute atomic E-state index is 0.102. The molecular formula is C83H158O17P2. The van der Waals surface area contributed by atoms with Crippen LogP contribution in [0.3, 0.4) is 0 Å². The Balaban J connectivity index is 5.28. The second-order valence-corrected chi connectivity index (χ2v) is 32.6. The van der Waals surface area contributed by atoms with E-state index in [0.29, 0.717) is 25.7 Å². The molecule has 0 fully saturated rings. The highest BCUT2D eigenvalue weighted by Crippen LogP contribution is 2.45. The minimum atomic E-state index is -4.97. The van der Waals surface area contributed by atoms with Gasteiger partial charge in [-0.25, -0.2) is 9.13 Å². The first-order valence-corrected chi connectivity index (χ1v) is 45.4. The second kappa shape index (κ2) is 75.4. The van der Waals surface area contributed by atoms with Crippen LogP contribution in [0.15, 0.2) is 24.3 Å². The predicted octanol–water partition coefficient (Wildman–Crippen LogP) is 24.8. The number of hydrogen-bond donors (Lipinski definition) is 3. The molecule has 102 heavy (non-hydrogen) atoms. The van der Waals surface area contributed by atoms with E-state index in [0.717, 1.165) is 115 Å². The fourth-order valence-corrected chi connectivity index (χ4v) is 14.0. The molecule has 19 heteroatoms. The summed E-state index contributed by atoms with van der Waals surface area (Å²) in [6, 6.07) is 0. The first-order chi connectivity index (χ1) is 49.5. The Bertz CT molecular complexity index is 2040. The van der Waals surface area contributed by atoms with E-state index in [1.165, 1.54) is 225 Å². The molecular weight excluding hydrogens is 1330 g/mol. The molecule has 17 nitrogen and oxygen atoms in total. The smallest absolute Gasteiger partial charge is 0.462 e. The highest BCUT2D eigenvalue weighted by molar-refractivity contribution is 7.47. The van der Waals surface area contributed by atoms with Gasteiger partial charge in [0.15, 0.2) is 12.2 Å². The van der Waals surface area contributed by atoms with Gasteiger partial charge in [0.1, 0.15) is 19.3 Å². The van der Waals surface area contributed by atoms with Gasteiger partial charge in [0.25, 0.3) is 0 Å². The number of phosphoric acid groups is 2. The zero-order chi connectivity index (χ0) is 74.8. The molecule has 0 saturated carbocycles. The van der Waals surface area contributed by atoms with Crippen LogP contribution >= 0.6 is 15.6 Å². The van der Waals surface area contributed by atoms with Gasteiger partial charge in [-0.1, -0.05) is 367 Å². The van der Waals surface area contributed by atoms with Crippen molar-refractivity contribution in [1.29, 1.82) is 0 Å². The highest BCUT2D eigenvalue weighted by atomic mass is 31.2. The molecule has 0 spiro atoms. The Hall–Kier alpha value is -2.46. The van der Waals surface area contributed by atoms with Gasteiger partial charge in [-0.05, 0) is 57.3 Å². The summed E-state index contributed by atoms with van der Waals surface area (Å²) in [4.78, 5) is 73.1. The van der Waals surface area contributed by atoms with E-state index in [1.807, 2.05) is 0 Å². The van der Waals surface area contributed by atoms with Gasteiger partial charge in [0.2, 0.25) is 0 Å². The van der Waals surface area contributed by atoms with Gasteiger partial charge in [-0.3, -0.25) is 37.3 Å². The summed E-state index contributed by atoms with van der Waals surface area (Å²) in [5.74, 6) is -1.37. The lowest BCUT2D eigenvalue weighted by atomic mass is 10.0. The average molecular weight is 1490 g/mol. The number of carbonyl (C=O) groups excluding carboxylic acids is 4. The Morgan fingerprint density at radius 3 is 0.804 bits per heavy atom. The molecule has 0 aromatic rings. The largest absolute Gasteiger partial charge is 0.472 e. The van der Waals surface area contributed by atoms with Crippen LogP contribution in [0.4, 0.5) is 0 Å². The van der Waals surface area contributed by atoms with Crippen LogP contribution in [0.25, 0.3) is 0 Å². The molecule has 0 aliphatic carbocycles. The summed E-state index contributed by atoms with van der Waals surface area (Å²) >= 11 is 0. The van der Waals surface area contributed by atoms with Crippen molar-refractivity contribution < 1.29 is 80.2 Å². The number of aliphatic hydroxyl groups excluding tert-OH is 1. The quantitative estimate of drug-likeness (QED) is 0.0169. The highest BCUT2D eigenvalue weighted by Gasteiger charge is 2.30. The molecule has 0 aromatic heterocycles. The molecule has 0 bridgehead atoms. The first-order valence-electron chi connectivity index (χ1n) is 42.5. The van der Waals surface area contributed by atoms with Crippen LogP contribution in [-0.2, 0) is 65.4 Å². The van der Waals surface area contributed by atoms with Crippen LogP contribution in [0.5, 0.6) is 0 Å². The minimum Gasteiger partial charge on any atom is -0.462 e. The number of ether oxygens (including phenoxy) is 4. The van der Waals surface area contributed by atoms with Crippen LogP contribution in [0, 0.1) is 5.92 Å². The van der Waals surface area contributed by atoms with Gasteiger partial charge in [-0.2, -0.15) is 0 Å². The van der Waals surface area contributed by atoms with E-state index in [9.17, 15) is 43.2 Å². The fourth-order valence-electron chi connectivity index (χ4n) is 12.4. The molecule has 0 aromatic carbocycles. The molecule has 0 aliphatic rings. The van der Waals surface area contributed by atoms with Gasteiger partial charge < -0.3 is 33.8 Å². The predicted molar refractivity (Wildman–Crippen MR) is 418 cm³/mol. The van der Waals surface area contributed by atoms with Crippen molar-refractivity contribution in [3.8, 4) is 0 Å². The Morgan fingerprint density at radius 1 is 0.304 bits per heavy atom. The maximum absolute atomic E-state index is 13.1. The van der Waals surface area contributed by atoms with Crippen molar-refractivity contribution in [3.63, 3.8) is 0 Å². The van der Waals surface area contributed by atoms with E-state index in [-0.39, 0.29) is 25.7 Å². The topological polar surface area (TPSA) is 237 Å².